The summed E-state index contributed by atoms with van der Waals surface area (Å²) in [6, 6.07) is 20.1. The van der Waals surface area contributed by atoms with Crippen LogP contribution in [0, 0.1) is 0 Å². The number of nitrogens with zero attached hydrogens (tertiary/aromatic N) is 1. The van der Waals surface area contributed by atoms with E-state index >= 15 is 0 Å². The van der Waals surface area contributed by atoms with Gasteiger partial charge in [-0.15, -0.1) is 0 Å². The van der Waals surface area contributed by atoms with Crippen molar-refractivity contribution in [2.24, 2.45) is 0 Å². The predicted octanol–water partition coefficient (Wildman–Crippen LogP) is 3.59. The molecule has 1 aromatic heterocycles. The number of anilines is 1. The van der Waals surface area contributed by atoms with Gasteiger partial charge in [-0.1, -0.05) is 53.7 Å². The Morgan fingerprint density at radius 2 is 1.50 bits per heavy atom. The molecule has 2 aromatic carbocycles. The molecular weight excluding hydrogens is 224 g/mol. The summed E-state index contributed by atoms with van der Waals surface area (Å²) < 4.78 is 4.89. The largest absolute Gasteiger partial charge is 0.368 e. The standard InChI is InChI=1S/C15H12N2O/c16-15-10-14(17-18-15)13-8-4-7-12(9-13)11-5-2-1-3-6-11/h1-10H,16H2. The maximum Gasteiger partial charge on any atom is 0.222 e. The van der Waals surface area contributed by atoms with Gasteiger partial charge in [-0.25, -0.2) is 0 Å². The average Bonchev–Trinajstić information content (AvgIpc) is 2.87. The van der Waals surface area contributed by atoms with Crippen molar-refractivity contribution in [3.8, 4) is 22.4 Å². The molecule has 1 heterocycles. The Balaban J connectivity index is 2.05. The third-order valence-corrected chi connectivity index (χ3v) is 2.79. The Morgan fingerprint density at radius 3 is 2.22 bits per heavy atom. The van der Waals surface area contributed by atoms with E-state index in [2.05, 4.69) is 29.4 Å². The van der Waals surface area contributed by atoms with Crippen LogP contribution in [-0.2, 0) is 0 Å². The highest BCUT2D eigenvalue weighted by molar-refractivity contribution is 5.71. The molecule has 0 bridgehead atoms. The normalized spacial score (nSPS) is 10.4. The molecule has 0 unspecified atom stereocenters. The Morgan fingerprint density at radius 1 is 0.778 bits per heavy atom. The lowest BCUT2D eigenvalue weighted by atomic mass is 10.0. The van der Waals surface area contributed by atoms with E-state index in [1.807, 2.05) is 30.3 Å². The first-order chi connectivity index (χ1) is 8.83. The third kappa shape index (κ3) is 1.98. The fourth-order valence-electron chi connectivity index (χ4n) is 1.91. The summed E-state index contributed by atoms with van der Waals surface area (Å²) >= 11 is 0. The average molecular weight is 236 g/mol. The van der Waals surface area contributed by atoms with Crippen molar-refractivity contribution >= 4 is 5.88 Å². The molecule has 3 aromatic rings. The highest BCUT2D eigenvalue weighted by Crippen LogP contribution is 2.26. The van der Waals surface area contributed by atoms with Crippen molar-refractivity contribution in [1.29, 1.82) is 0 Å². The first kappa shape index (κ1) is 10.6. The van der Waals surface area contributed by atoms with Crippen LogP contribution in [0.25, 0.3) is 22.4 Å². The molecule has 3 nitrogen and oxygen atoms in total. The van der Waals surface area contributed by atoms with Crippen molar-refractivity contribution in [2.45, 2.75) is 0 Å². The minimum atomic E-state index is 0.329. The van der Waals surface area contributed by atoms with Crippen LogP contribution >= 0.6 is 0 Å². The number of nitrogen functional groups attached to an aromatic ring is 1. The number of aromatic nitrogens is 1. The zero-order valence-electron chi connectivity index (χ0n) is 9.71. The minimum absolute atomic E-state index is 0.329. The molecule has 0 aliphatic carbocycles. The summed E-state index contributed by atoms with van der Waals surface area (Å²) in [6.45, 7) is 0. The monoisotopic (exact) mass is 236 g/mol. The predicted molar refractivity (Wildman–Crippen MR) is 71.8 cm³/mol. The summed E-state index contributed by atoms with van der Waals surface area (Å²) in [5.41, 5.74) is 9.61. The molecule has 2 N–H and O–H groups in total. The zero-order valence-corrected chi connectivity index (χ0v) is 9.71. The number of nitrogens with two attached hydrogens (primary N) is 1. The van der Waals surface area contributed by atoms with Gasteiger partial charge in [0.05, 0.1) is 0 Å². The van der Waals surface area contributed by atoms with Gasteiger partial charge < -0.3 is 10.3 Å². The summed E-state index contributed by atoms with van der Waals surface area (Å²) in [4.78, 5) is 0. The SMILES string of the molecule is Nc1cc(-c2cccc(-c3ccccc3)c2)no1. The summed E-state index contributed by atoms with van der Waals surface area (Å²) in [5, 5.41) is 3.92. The van der Waals surface area contributed by atoms with Gasteiger partial charge in [0.15, 0.2) is 0 Å². The number of rotatable bonds is 2. The van der Waals surface area contributed by atoms with Crippen molar-refractivity contribution in [2.75, 3.05) is 5.73 Å². The molecule has 0 aliphatic rings. The first-order valence-corrected chi connectivity index (χ1v) is 5.71. The van der Waals surface area contributed by atoms with E-state index in [1.165, 1.54) is 5.56 Å². The van der Waals surface area contributed by atoms with Gasteiger partial charge in [0, 0.05) is 11.6 Å². The maximum atomic E-state index is 5.54. The van der Waals surface area contributed by atoms with Gasteiger partial charge >= 0.3 is 0 Å². The topological polar surface area (TPSA) is 52.0 Å². The van der Waals surface area contributed by atoms with Crippen LogP contribution in [0.3, 0.4) is 0 Å². The highest BCUT2D eigenvalue weighted by atomic mass is 16.5. The molecule has 0 amide bonds. The molecule has 0 fully saturated rings. The lowest BCUT2D eigenvalue weighted by Gasteiger charge is -2.03. The van der Waals surface area contributed by atoms with Gasteiger partial charge in [0.1, 0.15) is 5.69 Å². The van der Waals surface area contributed by atoms with E-state index in [4.69, 9.17) is 10.3 Å². The van der Waals surface area contributed by atoms with Gasteiger partial charge in [-0.3, -0.25) is 0 Å². The number of hydrogen-bond acceptors (Lipinski definition) is 3. The van der Waals surface area contributed by atoms with E-state index in [1.54, 1.807) is 6.07 Å². The van der Waals surface area contributed by atoms with Crippen molar-refractivity contribution in [3.63, 3.8) is 0 Å². The Labute approximate surface area is 105 Å². The summed E-state index contributed by atoms with van der Waals surface area (Å²) in [7, 11) is 0. The van der Waals surface area contributed by atoms with Gasteiger partial charge in [0.25, 0.3) is 0 Å². The lowest BCUT2D eigenvalue weighted by Crippen LogP contribution is -1.81. The lowest BCUT2D eigenvalue weighted by molar-refractivity contribution is 0.439. The first-order valence-electron chi connectivity index (χ1n) is 5.71. The molecule has 0 radical (unpaired) electrons. The highest BCUT2D eigenvalue weighted by Gasteiger charge is 2.05. The second-order valence-electron chi connectivity index (χ2n) is 4.06. The minimum Gasteiger partial charge on any atom is -0.368 e. The van der Waals surface area contributed by atoms with E-state index in [0.717, 1.165) is 16.8 Å². The molecule has 0 saturated heterocycles. The Hall–Kier alpha value is -2.55. The molecule has 3 heteroatoms. The molecule has 3 rings (SSSR count). The van der Waals surface area contributed by atoms with Crippen LogP contribution in [0.15, 0.2) is 65.2 Å². The second-order valence-corrected chi connectivity index (χ2v) is 4.06. The quantitative estimate of drug-likeness (QED) is 0.739. The molecule has 18 heavy (non-hydrogen) atoms. The fraction of sp³-hybridized carbons (Fsp3) is 0. The number of benzene rings is 2. The van der Waals surface area contributed by atoms with E-state index < -0.39 is 0 Å². The van der Waals surface area contributed by atoms with Gasteiger partial charge in [-0.05, 0) is 17.2 Å². The molecule has 0 saturated carbocycles. The Bertz CT molecular complexity index is 659. The van der Waals surface area contributed by atoms with Crippen LogP contribution in [0.5, 0.6) is 0 Å². The van der Waals surface area contributed by atoms with Crippen molar-refractivity contribution in [1.82, 2.24) is 5.16 Å². The smallest absolute Gasteiger partial charge is 0.222 e. The van der Waals surface area contributed by atoms with E-state index in [9.17, 15) is 0 Å². The second kappa shape index (κ2) is 4.37. The third-order valence-electron chi connectivity index (χ3n) is 2.79. The molecule has 0 aliphatic heterocycles. The number of hydrogen-bond donors (Lipinski definition) is 1. The van der Waals surface area contributed by atoms with Crippen LogP contribution in [-0.4, -0.2) is 5.16 Å². The van der Waals surface area contributed by atoms with Gasteiger partial charge in [-0.2, -0.15) is 0 Å². The van der Waals surface area contributed by atoms with Crippen LogP contribution in [0.4, 0.5) is 5.88 Å². The van der Waals surface area contributed by atoms with Crippen LogP contribution in [0.2, 0.25) is 0 Å². The maximum absolute atomic E-state index is 5.54. The van der Waals surface area contributed by atoms with Crippen molar-refractivity contribution < 1.29 is 4.52 Å². The summed E-state index contributed by atoms with van der Waals surface area (Å²) in [5.74, 6) is 0.329. The molecule has 0 spiro atoms. The molecule has 0 atom stereocenters. The van der Waals surface area contributed by atoms with Crippen molar-refractivity contribution in [3.05, 3.63) is 60.7 Å². The van der Waals surface area contributed by atoms with Crippen LogP contribution < -0.4 is 5.73 Å². The van der Waals surface area contributed by atoms with Crippen LogP contribution in [0.1, 0.15) is 0 Å². The van der Waals surface area contributed by atoms with E-state index in [-0.39, 0.29) is 0 Å². The molecular formula is C15H12N2O. The Kier molecular flexibility index (Phi) is 2.57. The summed E-state index contributed by atoms with van der Waals surface area (Å²) in [6.07, 6.45) is 0. The van der Waals surface area contributed by atoms with Gasteiger partial charge in [0.2, 0.25) is 5.88 Å². The zero-order chi connectivity index (χ0) is 12.4. The molecule has 88 valence electrons. The fourth-order valence-corrected chi connectivity index (χ4v) is 1.91. The van der Waals surface area contributed by atoms with E-state index in [0.29, 0.717) is 5.88 Å².